The SMILES string of the molecule is Cc1cc[n+](Cc2nc3ccccc3[nH]c2=O)c(N)c1. The van der Waals surface area contributed by atoms with Gasteiger partial charge < -0.3 is 4.98 Å². The Labute approximate surface area is 115 Å². The number of aromatic nitrogens is 3. The van der Waals surface area contributed by atoms with Crippen LogP contribution in [0.1, 0.15) is 11.3 Å². The Kier molecular flexibility index (Phi) is 2.95. The quantitative estimate of drug-likeness (QED) is 0.684. The van der Waals surface area contributed by atoms with Gasteiger partial charge in [0.05, 0.1) is 17.2 Å². The number of nitrogens with one attached hydrogen (secondary N) is 1. The second kappa shape index (κ2) is 4.77. The first-order chi connectivity index (χ1) is 9.63. The maximum Gasteiger partial charge on any atom is 0.274 e. The zero-order valence-corrected chi connectivity index (χ0v) is 11.1. The Morgan fingerprint density at radius 3 is 2.90 bits per heavy atom. The molecule has 2 aromatic heterocycles. The first-order valence-corrected chi connectivity index (χ1v) is 6.37. The van der Waals surface area contributed by atoms with Crippen LogP contribution in [0.25, 0.3) is 11.0 Å². The summed E-state index contributed by atoms with van der Waals surface area (Å²) in [4.78, 5) is 19.3. The van der Waals surface area contributed by atoms with Crippen LogP contribution in [0, 0.1) is 6.92 Å². The van der Waals surface area contributed by atoms with Crippen molar-refractivity contribution in [3.8, 4) is 0 Å². The molecular weight excluding hydrogens is 252 g/mol. The Hall–Kier alpha value is -2.69. The van der Waals surface area contributed by atoms with E-state index in [4.69, 9.17) is 5.73 Å². The minimum Gasteiger partial charge on any atom is -0.319 e. The largest absolute Gasteiger partial charge is 0.319 e. The molecule has 3 aromatic rings. The normalized spacial score (nSPS) is 10.8. The van der Waals surface area contributed by atoms with E-state index in [0.717, 1.165) is 16.6 Å². The fourth-order valence-corrected chi connectivity index (χ4v) is 2.14. The van der Waals surface area contributed by atoms with E-state index in [9.17, 15) is 4.79 Å². The molecule has 20 heavy (non-hydrogen) atoms. The number of H-pyrrole nitrogens is 1. The smallest absolute Gasteiger partial charge is 0.274 e. The molecule has 3 rings (SSSR count). The molecule has 0 fully saturated rings. The third kappa shape index (κ3) is 2.25. The number of fused-ring (bicyclic) bond motifs is 1. The molecule has 0 amide bonds. The molecule has 0 aliphatic rings. The van der Waals surface area contributed by atoms with Crippen molar-refractivity contribution < 1.29 is 4.57 Å². The molecule has 0 unspecified atom stereocenters. The van der Waals surface area contributed by atoms with E-state index in [2.05, 4.69) is 9.97 Å². The fourth-order valence-electron chi connectivity index (χ4n) is 2.14. The van der Waals surface area contributed by atoms with Gasteiger partial charge in [0.25, 0.3) is 11.4 Å². The first-order valence-electron chi connectivity index (χ1n) is 6.37. The summed E-state index contributed by atoms with van der Waals surface area (Å²) in [6, 6.07) is 11.3. The van der Waals surface area contributed by atoms with Gasteiger partial charge in [-0.05, 0) is 30.7 Å². The van der Waals surface area contributed by atoms with Crippen LogP contribution in [0.4, 0.5) is 5.82 Å². The molecule has 1 aromatic carbocycles. The molecule has 5 heteroatoms. The number of aryl methyl sites for hydroxylation is 1. The number of hydrogen-bond donors (Lipinski definition) is 2. The molecule has 0 saturated carbocycles. The number of nitrogens with two attached hydrogens (primary N) is 1. The van der Waals surface area contributed by atoms with E-state index in [-0.39, 0.29) is 5.56 Å². The van der Waals surface area contributed by atoms with Gasteiger partial charge in [-0.3, -0.25) is 10.5 Å². The van der Waals surface area contributed by atoms with Gasteiger partial charge in [-0.2, -0.15) is 0 Å². The molecule has 3 N–H and O–H groups in total. The molecule has 0 bridgehead atoms. The maximum absolute atomic E-state index is 12.0. The number of pyridine rings is 1. The summed E-state index contributed by atoms with van der Waals surface area (Å²) < 4.78 is 1.80. The number of nitrogens with zero attached hydrogens (tertiary/aromatic N) is 2. The molecule has 0 spiro atoms. The topological polar surface area (TPSA) is 75.7 Å². The number of anilines is 1. The minimum absolute atomic E-state index is 0.184. The van der Waals surface area contributed by atoms with Crippen molar-refractivity contribution in [2.24, 2.45) is 0 Å². The van der Waals surface area contributed by atoms with Crippen molar-refractivity contribution in [1.29, 1.82) is 0 Å². The van der Waals surface area contributed by atoms with E-state index >= 15 is 0 Å². The number of benzene rings is 1. The predicted octanol–water partition coefficient (Wildman–Crippen LogP) is 1.15. The van der Waals surface area contributed by atoms with Crippen molar-refractivity contribution in [1.82, 2.24) is 9.97 Å². The van der Waals surface area contributed by atoms with Gasteiger partial charge >= 0.3 is 0 Å². The summed E-state index contributed by atoms with van der Waals surface area (Å²) in [7, 11) is 0. The summed E-state index contributed by atoms with van der Waals surface area (Å²) in [5.41, 5.74) is 8.81. The van der Waals surface area contributed by atoms with E-state index < -0.39 is 0 Å². The Morgan fingerprint density at radius 1 is 1.30 bits per heavy atom. The average Bonchev–Trinajstić information content (AvgIpc) is 2.42. The Balaban J connectivity index is 2.06. The number of nitrogen functional groups attached to an aromatic ring is 1. The average molecular weight is 267 g/mol. The third-order valence-electron chi connectivity index (χ3n) is 3.21. The number of aromatic amines is 1. The maximum atomic E-state index is 12.0. The van der Waals surface area contributed by atoms with Gasteiger partial charge in [-0.25, -0.2) is 9.55 Å². The second-order valence-corrected chi connectivity index (χ2v) is 4.79. The summed E-state index contributed by atoms with van der Waals surface area (Å²) in [6.45, 7) is 2.33. The fraction of sp³-hybridized carbons (Fsp3) is 0.133. The van der Waals surface area contributed by atoms with Crippen molar-refractivity contribution in [3.63, 3.8) is 0 Å². The summed E-state index contributed by atoms with van der Waals surface area (Å²) in [6.07, 6.45) is 1.86. The minimum atomic E-state index is -0.184. The van der Waals surface area contributed by atoms with E-state index in [1.165, 1.54) is 0 Å². The molecule has 100 valence electrons. The van der Waals surface area contributed by atoms with Crippen LogP contribution in [0.2, 0.25) is 0 Å². The van der Waals surface area contributed by atoms with Crippen LogP contribution in [-0.2, 0) is 6.54 Å². The highest BCUT2D eigenvalue weighted by atomic mass is 16.1. The zero-order valence-electron chi connectivity index (χ0n) is 11.1. The van der Waals surface area contributed by atoms with Crippen LogP contribution >= 0.6 is 0 Å². The standard InChI is InChI=1S/C15H14N4O/c1-10-6-7-19(14(16)8-10)9-13-15(20)18-12-5-3-2-4-11(12)17-13/h2-8,16H,9H2,1H3,(H,18,20)/p+1. The van der Waals surface area contributed by atoms with E-state index in [1.807, 2.05) is 49.5 Å². The Bertz CT molecular complexity index is 839. The van der Waals surface area contributed by atoms with Gasteiger partial charge in [0.15, 0.2) is 0 Å². The number of rotatable bonds is 2. The van der Waals surface area contributed by atoms with Crippen molar-refractivity contribution in [2.45, 2.75) is 13.5 Å². The lowest BCUT2D eigenvalue weighted by Gasteiger charge is -2.04. The lowest BCUT2D eigenvalue weighted by atomic mass is 10.2. The first kappa shape index (κ1) is 12.3. The number of hydrogen-bond acceptors (Lipinski definition) is 3. The van der Waals surface area contributed by atoms with E-state index in [0.29, 0.717) is 18.1 Å². The highest BCUT2D eigenvalue weighted by Gasteiger charge is 2.10. The van der Waals surface area contributed by atoms with Crippen LogP contribution in [0.15, 0.2) is 47.4 Å². The van der Waals surface area contributed by atoms with Gasteiger partial charge in [-0.15, -0.1) is 0 Å². The molecule has 5 nitrogen and oxygen atoms in total. The van der Waals surface area contributed by atoms with Gasteiger partial charge in [0, 0.05) is 6.07 Å². The number of para-hydroxylation sites is 2. The highest BCUT2D eigenvalue weighted by Crippen LogP contribution is 2.06. The van der Waals surface area contributed by atoms with Crippen molar-refractivity contribution >= 4 is 16.9 Å². The molecule has 0 aliphatic heterocycles. The molecule has 0 saturated heterocycles. The Morgan fingerprint density at radius 2 is 2.10 bits per heavy atom. The molecule has 0 atom stereocenters. The lowest BCUT2D eigenvalue weighted by molar-refractivity contribution is -0.674. The predicted molar refractivity (Wildman–Crippen MR) is 77.3 cm³/mol. The van der Waals surface area contributed by atoms with Gasteiger partial charge in [-0.1, -0.05) is 12.1 Å². The van der Waals surface area contributed by atoms with Crippen LogP contribution in [-0.4, -0.2) is 9.97 Å². The van der Waals surface area contributed by atoms with Crippen LogP contribution in [0.5, 0.6) is 0 Å². The van der Waals surface area contributed by atoms with Gasteiger partial charge in [0.1, 0.15) is 12.2 Å². The van der Waals surface area contributed by atoms with Gasteiger partial charge in [0.2, 0.25) is 0 Å². The molecule has 0 aliphatic carbocycles. The van der Waals surface area contributed by atoms with Crippen LogP contribution < -0.4 is 15.9 Å². The van der Waals surface area contributed by atoms with Crippen LogP contribution in [0.3, 0.4) is 0 Å². The summed E-state index contributed by atoms with van der Waals surface area (Å²) in [5, 5.41) is 0. The molecule has 2 heterocycles. The third-order valence-corrected chi connectivity index (χ3v) is 3.21. The van der Waals surface area contributed by atoms with E-state index in [1.54, 1.807) is 4.57 Å². The molecular formula is C15H15N4O+. The summed E-state index contributed by atoms with van der Waals surface area (Å²) in [5.74, 6) is 0.611. The summed E-state index contributed by atoms with van der Waals surface area (Å²) >= 11 is 0. The van der Waals surface area contributed by atoms with Crippen molar-refractivity contribution in [2.75, 3.05) is 5.73 Å². The lowest BCUT2D eigenvalue weighted by Crippen LogP contribution is -2.40. The molecule has 0 radical (unpaired) electrons. The highest BCUT2D eigenvalue weighted by molar-refractivity contribution is 5.73. The monoisotopic (exact) mass is 267 g/mol. The van der Waals surface area contributed by atoms with Crippen molar-refractivity contribution in [3.05, 3.63) is 64.2 Å². The second-order valence-electron chi connectivity index (χ2n) is 4.79. The zero-order chi connectivity index (χ0) is 14.1.